The largest absolute Gasteiger partial charge is 0.314 e. The highest BCUT2D eigenvalue weighted by Crippen LogP contribution is 2.13. The van der Waals surface area contributed by atoms with Gasteiger partial charge in [0.25, 0.3) is 0 Å². The molecule has 1 aromatic heterocycles. The van der Waals surface area contributed by atoms with Crippen LogP contribution in [0.5, 0.6) is 0 Å². The van der Waals surface area contributed by atoms with Gasteiger partial charge in [-0.25, -0.2) is 0 Å². The fraction of sp³-hybridized carbons (Fsp3) is 0.250. The Morgan fingerprint density at radius 2 is 2.25 bits per heavy atom. The van der Waals surface area contributed by atoms with Crippen molar-refractivity contribution in [1.29, 1.82) is 0 Å². The lowest BCUT2D eigenvalue weighted by Crippen LogP contribution is -2.12. The summed E-state index contributed by atoms with van der Waals surface area (Å²) in [5.74, 6) is 0. The van der Waals surface area contributed by atoms with Crippen molar-refractivity contribution in [2.75, 3.05) is 7.05 Å². The summed E-state index contributed by atoms with van der Waals surface area (Å²) in [7, 11) is 1.94. The zero-order chi connectivity index (χ0) is 11.4. The van der Waals surface area contributed by atoms with Crippen LogP contribution in [0.2, 0.25) is 0 Å². The van der Waals surface area contributed by atoms with Crippen molar-refractivity contribution < 1.29 is 0 Å². The van der Waals surface area contributed by atoms with Gasteiger partial charge in [-0.15, -0.1) is 0 Å². The van der Waals surface area contributed by atoms with Gasteiger partial charge in [0.1, 0.15) is 0 Å². The van der Waals surface area contributed by atoms with Crippen molar-refractivity contribution in [3.8, 4) is 0 Å². The minimum atomic E-state index is 0.809. The molecule has 1 heterocycles. The SMILES string of the molecule is CNCc1ccnn1Cc1cccc(Br)c1. The van der Waals surface area contributed by atoms with Gasteiger partial charge in [-0.3, -0.25) is 4.68 Å². The summed E-state index contributed by atoms with van der Waals surface area (Å²) in [6.45, 7) is 1.65. The monoisotopic (exact) mass is 279 g/mol. The predicted molar refractivity (Wildman–Crippen MR) is 68.2 cm³/mol. The Hall–Kier alpha value is -1.13. The zero-order valence-corrected chi connectivity index (χ0v) is 10.7. The lowest BCUT2D eigenvalue weighted by molar-refractivity contribution is 0.622. The highest BCUT2D eigenvalue weighted by molar-refractivity contribution is 9.10. The molecule has 0 radical (unpaired) electrons. The van der Waals surface area contributed by atoms with E-state index in [0.717, 1.165) is 17.6 Å². The molecule has 0 bridgehead atoms. The lowest BCUT2D eigenvalue weighted by Gasteiger charge is -2.07. The predicted octanol–water partition coefficient (Wildman–Crippen LogP) is 2.41. The molecule has 0 aliphatic carbocycles. The summed E-state index contributed by atoms with van der Waals surface area (Å²) in [5, 5.41) is 7.46. The van der Waals surface area contributed by atoms with Gasteiger partial charge >= 0.3 is 0 Å². The molecule has 0 fully saturated rings. The van der Waals surface area contributed by atoms with Crippen LogP contribution >= 0.6 is 15.9 Å². The highest BCUT2D eigenvalue weighted by atomic mass is 79.9. The summed E-state index contributed by atoms with van der Waals surface area (Å²) >= 11 is 3.47. The highest BCUT2D eigenvalue weighted by Gasteiger charge is 2.02. The summed E-state index contributed by atoms with van der Waals surface area (Å²) in [6, 6.07) is 10.3. The quantitative estimate of drug-likeness (QED) is 0.932. The van der Waals surface area contributed by atoms with E-state index in [0.29, 0.717) is 0 Å². The van der Waals surface area contributed by atoms with Crippen molar-refractivity contribution in [3.05, 3.63) is 52.3 Å². The van der Waals surface area contributed by atoms with E-state index in [1.54, 1.807) is 0 Å². The van der Waals surface area contributed by atoms with Crippen molar-refractivity contribution >= 4 is 15.9 Å². The van der Waals surface area contributed by atoms with Gasteiger partial charge < -0.3 is 5.32 Å². The van der Waals surface area contributed by atoms with Crippen LogP contribution in [-0.2, 0) is 13.1 Å². The Bertz CT molecular complexity index is 465. The van der Waals surface area contributed by atoms with Crippen molar-refractivity contribution in [2.24, 2.45) is 0 Å². The van der Waals surface area contributed by atoms with E-state index < -0.39 is 0 Å². The van der Waals surface area contributed by atoms with Crippen LogP contribution in [-0.4, -0.2) is 16.8 Å². The second kappa shape index (κ2) is 5.27. The standard InChI is InChI=1S/C12H14BrN3/c1-14-8-12-5-6-15-16(12)9-10-3-2-4-11(13)7-10/h2-7,14H,8-9H2,1H3. The van der Waals surface area contributed by atoms with Gasteiger partial charge in [0.05, 0.1) is 12.2 Å². The molecule has 0 spiro atoms. The summed E-state index contributed by atoms with van der Waals surface area (Å²) in [4.78, 5) is 0. The molecule has 0 saturated carbocycles. The molecular weight excluding hydrogens is 266 g/mol. The number of aromatic nitrogens is 2. The number of nitrogens with zero attached hydrogens (tertiary/aromatic N) is 2. The van der Waals surface area contributed by atoms with E-state index in [1.807, 2.05) is 36.1 Å². The van der Waals surface area contributed by atoms with E-state index >= 15 is 0 Å². The first kappa shape index (κ1) is 11.4. The number of rotatable bonds is 4. The number of benzene rings is 1. The van der Waals surface area contributed by atoms with Crippen LogP contribution < -0.4 is 5.32 Å². The van der Waals surface area contributed by atoms with E-state index in [4.69, 9.17) is 0 Å². The van der Waals surface area contributed by atoms with Crippen LogP contribution in [0.1, 0.15) is 11.3 Å². The van der Waals surface area contributed by atoms with Gasteiger partial charge in [0.15, 0.2) is 0 Å². The molecule has 0 saturated heterocycles. The van der Waals surface area contributed by atoms with Crippen LogP contribution in [0, 0.1) is 0 Å². The van der Waals surface area contributed by atoms with Crippen molar-refractivity contribution in [3.63, 3.8) is 0 Å². The Morgan fingerprint density at radius 1 is 1.38 bits per heavy atom. The summed E-state index contributed by atoms with van der Waals surface area (Å²) < 4.78 is 3.12. The van der Waals surface area contributed by atoms with Crippen molar-refractivity contribution in [2.45, 2.75) is 13.1 Å². The Labute approximate surface area is 104 Å². The first-order valence-corrected chi connectivity index (χ1v) is 5.98. The fourth-order valence-corrected chi connectivity index (χ4v) is 2.09. The van der Waals surface area contributed by atoms with E-state index in [-0.39, 0.29) is 0 Å². The topological polar surface area (TPSA) is 29.9 Å². The van der Waals surface area contributed by atoms with E-state index in [1.165, 1.54) is 11.3 Å². The minimum Gasteiger partial charge on any atom is -0.314 e. The van der Waals surface area contributed by atoms with E-state index in [2.05, 4.69) is 38.5 Å². The average Bonchev–Trinajstić information content (AvgIpc) is 2.66. The molecule has 84 valence electrons. The molecular formula is C12H14BrN3. The van der Waals surface area contributed by atoms with Crippen LogP contribution in [0.25, 0.3) is 0 Å². The van der Waals surface area contributed by atoms with Crippen LogP contribution in [0.4, 0.5) is 0 Å². The molecule has 0 unspecified atom stereocenters. The molecule has 0 aliphatic rings. The Balaban J connectivity index is 2.17. The Morgan fingerprint density at radius 3 is 3.00 bits per heavy atom. The molecule has 2 aromatic rings. The van der Waals surface area contributed by atoms with Crippen LogP contribution in [0.3, 0.4) is 0 Å². The molecule has 1 N–H and O–H groups in total. The molecule has 4 heteroatoms. The van der Waals surface area contributed by atoms with Gasteiger partial charge in [-0.1, -0.05) is 28.1 Å². The third-order valence-electron chi connectivity index (χ3n) is 2.38. The first-order chi connectivity index (χ1) is 7.79. The third kappa shape index (κ3) is 2.71. The van der Waals surface area contributed by atoms with Crippen molar-refractivity contribution in [1.82, 2.24) is 15.1 Å². The molecule has 2 rings (SSSR count). The molecule has 1 aromatic carbocycles. The smallest absolute Gasteiger partial charge is 0.0663 e. The van der Waals surface area contributed by atoms with Gasteiger partial charge in [-0.05, 0) is 30.8 Å². The van der Waals surface area contributed by atoms with Crippen LogP contribution in [0.15, 0.2) is 41.0 Å². The van der Waals surface area contributed by atoms with Gasteiger partial charge in [0, 0.05) is 17.2 Å². The average molecular weight is 280 g/mol. The minimum absolute atomic E-state index is 0.809. The normalized spacial score (nSPS) is 10.6. The summed E-state index contributed by atoms with van der Waals surface area (Å²) in [5.41, 5.74) is 2.44. The fourth-order valence-electron chi connectivity index (χ4n) is 1.64. The number of halogens is 1. The van der Waals surface area contributed by atoms with Gasteiger partial charge in [-0.2, -0.15) is 5.10 Å². The molecule has 0 amide bonds. The molecule has 0 atom stereocenters. The first-order valence-electron chi connectivity index (χ1n) is 5.19. The maximum absolute atomic E-state index is 4.32. The zero-order valence-electron chi connectivity index (χ0n) is 9.15. The van der Waals surface area contributed by atoms with E-state index in [9.17, 15) is 0 Å². The number of nitrogens with one attached hydrogen (secondary N) is 1. The molecule has 3 nitrogen and oxygen atoms in total. The lowest BCUT2D eigenvalue weighted by atomic mass is 10.2. The maximum atomic E-state index is 4.32. The second-order valence-corrected chi connectivity index (χ2v) is 4.56. The second-order valence-electron chi connectivity index (χ2n) is 3.64. The molecule has 16 heavy (non-hydrogen) atoms. The Kier molecular flexibility index (Phi) is 3.74. The molecule has 0 aliphatic heterocycles. The summed E-state index contributed by atoms with van der Waals surface area (Å²) in [6.07, 6.45) is 1.84. The van der Waals surface area contributed by atoms with Gasteiger partial charge in [0.2, 0.25) is 0 Å². The third-order valence-corrected chi connectivity index (χ3v) is 2.88. The maximum Gasteiger partial charge on any atom is 0.0663 e. The number of hydrogen-bond donors (Lipinski definition) is 1. The number of hydrogen-bond acceptors (Lipinski definition) is 2.